The number of halogens is 1. The van der Waals surface area contributed by atoms with Crippen molar-refractivity contribution in [3.05, 3.63) is 53.1 Å². The lowest BCUT2D eigenvalue weighted by atomic mass is 10.1. The van der Waals surface area contributed by atoms with Crippen LogP contribution in [0.4, 0.5) is 5.69 Å². The smallest absolute Gasteiger partial charge is 0.258 e. The summed E-state index contributed by atoms with van der Waals surface area (Å²) in [6, 6.07) is 12.3. The van der Waals surface area contributed by atoms with E-state index in [1.807, 2.05) is 38.1 Å². The van der Waals surface area contributed by atoms with Gasteiger partial charge in [0, 0.05) is 35.3 Å². The first kappa shape index (κ1) is 23.6. The Hall–Kier alpha value is -1.58. The van der Waals surface area contributed by atoms with Crippen molar-refractivity contribution in [3.63, 3.8) is 0 Å². The Labute approximate surface area is 198 Å². The minimum Gasteiger partial charge on any atom is -0.373 e. The van der Waals surface area contributed by atoms with Crippen LogP contribution in [0.1, 0.15) is 37.6 Å². The number of hydrogen-bond acceptors (Lipinski definition) is 5. The van der Waals surface area contributed by atoms with Crippen LogP contribution in [0.15, 0.2) is 52.3 Å². The van der Waals surface area contributed by atoms with Crippen molar-refractivity contribution in [2.75, 3.05) is 24.5 Å². The van der Waals surface area contributed by atoms with Crippen molar-refractivity contribution < 1.29 is 17.9 Å². The first-order chi connectivity index (χ1) is 15.2. The minimum absolute atomic E-state index is 0.0443. The SMILES string of the molecule is C[C@@H]1CN(S(=O)(=O)c2cc(C(=O)N3CC[C@H](C)Sc4ccccc43)ccc2Cl)C[C@H](C)O1. The van der Waals surface area contributed by atoms with Crippen molar-refractivity contribution in [3.8, 4) is 0 Å². The monoisotopic (exact) mass is 494 g/mol. The molecule has 172 valence electrons. The maximum atomic E-state index is 13.5. The number of fused-ring (bicyclic) bond motifs is 1. The summed E-state index contributed by atoms with van der Waals surface area (Å²) in [4.78, 5) is 16.3. The summed E-state index contributed by atoms with van der Waals surface area (Å²) < 4.78 is 33.9. The van der Waals surface area contributed by atoms with Crippen LogP contribution in [0.3, 0.4) is 0 Å². The van der Waals surface area contributed by atoms with E-state index in [1.54, 1.807) is 22.7 Å². The second-order valence-corrected chi connectivity index (χ2v) is 12.2. The average Bonchev–Trinajstić information content (AvgIpc) is 2.91. The third kappa shape index (κ3) is 4.70. The zero-order chi connectivity index (χ0) is 23.0. The molecule has 0 saturated carbocycles. The van der Waals surface area contributed by atoms with E-state index >= 15 is 0 Å². The van der Waals surface area contributed by atoms with Gasteiger partial charge in [-0.05, 0) is 50.6 Å². The van der Waals surface area contributed by atoms with E-state index in [1.165, 1.54) is 16.4 Å². The molecule has 1 fully saturated rings. The highest BCUT2D eigenvalue weighted by Crippen LogP contribution is 2.38. The Balaban J connectivity index is 1.69. The third-order valence-electron chi connectivity index (χ3n) is 5.67. The first-order valence-corrected chi connectivity index (χ1v) is 13.4. The Morgan fingerprint density at radius 1 is 1.09 bits per heavy atom. The van der Waals surface area contributed by atoms with Crippen molar-refractivity contribution in [1.82, 2.24) is 4.31 Å². The van der Waals surface area contributed by atoms with Gasteiger partial charge < -0.3 is 9.64 Å². The van der Waals surface area contributed by atoms with E-state index in [9.17, 15) is 13.2 Å². The minimum atomic E-state index is -3.88. The predicted octanol–water partition coefficient (Wildman–Crippen LogP) is 4.67. The highest BCUT2D eigenvalue weighted by atomic mass is 35.5. The number of morpholine rings is 1. The molecular weight excluding hydrogens is 468 g/mol. The molecule has 6 nitrogen and oxygen atoms in total. The fourth-order valence-electron chi connectivity index (χ4n) is 4.15. The van der Waals surface area contributed by atoms with Gasteiger partial charge in [0.15, 0.2) is 0 Å². The van der Waals surface area contributed by atoms with Crippen LogP contribution in [0.25, 0.3) is 0 Å². The van der Waals surface area contributed by atoms with E-state index in [2.05, 4.69) is 6.92 Å². The van der Waals surface area contributed by atoms with Crippen molar-refractivity contribution in [1.29, 1.82) is 0 Å². The second kappa shape index (κ2) is 9.35. The van der Waals surface area contributed by atoms with Crippen LogP contribution in [0.5, 0.6) is 0 Å². The number of nitrogens with zero attached hydrogens (tertiary/aromatic N) is 2. The van der Waals surface area contributed by atoms with E-state index < -0.39 is 10.0 Å². The van der Waals surface area contributed by atoms with Crippen LogP contribution in [0, 0.1) is 0 Å². The van der Waals surface area contributed by atoms with E-state index in [0.29, 0.717) is 17.4 Å². The summed E-state index contributed by atoms with van der Waals surface area (Å²) in [6.07, 6.45) is 0.406. The zero-order valence-corrected chi connectivity index (χ0v) is 20.7. The van der Waals surface area contributed by atoms with Crippen molar-refractivity contribution in [2.24, 2.45) is 0 Å². The number of ether oxygens (including phenoxy) is 1. The molecule has 9 heteroatoms. The van der Waals surface area contributed by atoms with Gasteiger partial charge in [-0.15, -0.1) is 11.8 Å². The van der Waals surface area contributed by atoms with Crippen LogP contribution in [0.2, 0.25) is 5.02 Å². The number of thioether (sulfide) groups is 1. The predicted molar refractivity (Wildman–Crippen MR) is 128 cm³/mol. The number of carbonyl (C=O) groups excluding carboxylic acids is 1. The molecular formula is C23H27ClN2O4S2. The largest absolute Gasteiger partial charge is 0.373 e. The molecule has 1 saturated heterocycles. The molecule has 1 amide bonds. The summed E-state index contributed by atoms with van der Waals surface area (Å²) in [5.74, 6) is -0.232. The molecule has 0 aliphatic carbocycles. The van der Waals surface area contributed by atoms with Gasteiger partial charge in [-0.3, -0.25) is 4.79 Å². The molecule has 0 bridgehead atoms. The third-order valence-corrected chi connectivity index (χ3v) is 9.22. The number of hydrogen-bond donors (Lipinski definition) is 0. The summed E-state index contributed by atoms with van der Waals surface area (Å²) in [5.41, 5.74) is 1.15. The van der Waals surface area contributed by atoms with E-state index in [4.69, 9.17) is 16.3 Å². The molecule has 4 rings (SSSR count). The fourth-order valence-corrected chi connectivity index (χ4v) is 7.36. The zero-order valence-electron chi connectivity index (χ0n) is 18.3. The molecule has 0 spiro atoms. The molecule has 2 aliphatic rings. The number of para-hydroxylation sites is 1. The molecule has 0 radical (unpaired) electrons. The highest BCUT2D eigenvalue weighted by molar-refractivity contribution is 8.00. The van der Waals surface area contributed by atoms with Gasteiger partial charge in [-0.1, -0.05) is 30.7 Å². The summed E-state index contributed by atoms with van der Waals surface area (Å²) in [6.45, 7) is 6.89. The van der Waals surface area contributed by atoms with Crippen molar-refractivity contribution >= 4 is 45.0 Å². The lowest BCUT2D eigenvalue weighted by molar-refractivity contribution is -0.0440. The van der Waals surface area contributed by atoms with Crippen LogP contribution < -0.4 is 4.90 Å². The fraction of sp³-hybridized carbons (Fsp3) is 0.435. The van der Waals surface area contributed by atoms with Gasteiger partial charge in [0.2, 0.25) is 10.0 Å². The average molecular weight is 495 g/mol. The van der Waals surface area contributed by atoms with Crippen LogP contribution >= 0.6 is 23.4 Å². The molecule has 32 heavy (non-hydrogen) atoms. The van der Waals surface area contributed by atoms with E-state index in [0.717, 1.165) is 17.0 Å². The van der Waals surface area contributed by atoms with Gasteiger partial charge in [0.05, 0.1) is 22.9 Å². The maximum Gasteiger partial charge on any atom is 0.258 e. The Morgan fingerprint density at radius 2 is 1.78 bits per heavy atom. The standard InChI is InChI=1S/C23H27ClN2O4S2/c1-15-13-25(14-16(2)30-15)32(28,29)22-12-18(8-9-19(22)24)23(27)26-11-10-17(3)31-21-7-5-4-6-20(21)26/h4-9,12,15-17H,10-11,13-14H2,1-3H3/t15-,16+,17-/m0/s1. The number of sulfonamides is 1. The normalized spacial score (nSPS) is 24.6. The summed E-state index contributed by atoms with van der Waals surface area (Å²) >= 11 is 8.07. The van der Waals surface area contributed by atoms with Gasteiger partial charge in [0.25, 0.3) is 5.91 Å². The second-order valence-electron chi connectivity index (χ2n) is 8.37. The maximum absolute atomic E-state index is 13.5. The van der Waals surface area contributed by atoms with Gasteiger partial charge in [-0.2, -0.15) is 4.31 Å². The molecule has 2 heterocycles. The summed E-state index contributed by atoms with van der Waals surface area (Å²) in [7, 11) is -3.88. The Morgan fingerprint density at radius 3 is 2.50 bits per heavy atom. The topological polar surface area (TPSA) is 66.9 Å². The van der Waals surface area contributed by atoms with Gasteiger partial charge >= 0.3 is 0 Å². The quantitative estimate of drug-likeness (QED) is 0.620. The van der Waals surface area contributed by atoms with Gasteiger partial charge in [0.1, 0.15) is 4.90 Å². The molecule has 2 aliphatic heterocycles. The summed E-state index contributed by atoms with van der Waals surface area (Å²) in [5, 5.41) is 0.481. The molecule has 2 aromatic carbocycles. The number of amides is 1. The number of anilines is 1. The Bertz CT molecular complexity index is 1110. The van der Waals surface area contributed by atoms with E-state index in [-0.39, 0.29) is 41.1 Å². The van der Waals surface area contributed by atoms with Crippen LogP contribution in [-0.2, 0) is 14.8 Å². The van der Waals surface area contributed by atoms with Gasteiger partial charge in [-0.25, -0.2) is 8.42 Å². The molecule has 0 aromatic heterocycles. The molecule has 0 N–H and O–H groups in total. The Kier molecular flexibility index (Phi) is 6.89. The lowest BCUT2D eigenvalue weighted by Crippen LogP contribution is -2.48. The molecule has 3 atom stereocenters. The highest BCUT2D eigenvalue weighted by Gasteiger charge is 2.34. The first-order valence-electron chi connectivity index (χ1n) is 10.7. The molecule has 0 unspecified atom stereocenters. The number of benzene rings is 2. The molecule has 2 aromatic rings. The lowest BCUT2D eigenvalue weighted by Gasteiger charge is -2.34. The number of carbonyl (C=O) groups is 1. The van der Waals surface area contributed by atoms with Crippen molar-refractivity contribution in [2.45, 2.75) is 54.4 Å². The van der Waals surface area contributed by atoms with Crippen LogP contribution in [-0.4, -0.2) is 55.7 Å². The number of rotatable bonds is 3.